The van der Waals surface area contributed by atoms with Gasteiger partial charge < -0.3 is 0 Å². The van der Waals surface area contributed by atoms with Crippen LogP contribution in [0.5, 0.6) is 0 Å². The minimum Gasteiger partial charge on any atom is -0.250 e. The van der Waals surface area contributed by atoms with Crippen molar-refractivity contribution in [2.24, 2.45) is 0 Å². The third-order valence-corrected chi connectivity index (χ3v) is 4.07. The van der Waals surface area contributed by atoms with Gasteiger partial charge in [0.1, 0.15) is 0 Å². The lowest BCUT2D eigenvalue weighted by Crippen LogP contribution is -1.91. The highest BCUT2D eigenvalue weighted by atomic mass is 32.2. The second kappa shape index (κ2) is 8.04. The highest BCUT2D eigenvalue weighted by Crippen LogP contribution is 2.17. The van der Waals surface area contributed by atoms with Crippen molar-refractivity contribution in [1.29, 1.82) is 0 Å². The Morgan fingerprint density at radius 3 is 2.56 bits per heavy atom. The van der Waals surface area contributed by atoms with Crippen LogP contribution in [0.4, 0.5) is 0 Å². The van der Waals surface area contributed by atoms with Gasteiger partial charge in [0.25, 0.3) is 0 Å². The van der Waals surface area contributed by atoms with Gasteiger partial charge >= 0.3 is 0 Å². The van der Waals surface area contributed by atoms with Gasteiger partial charge in [-0.1, -0.05) is 42.7 Å². The van der Waals surface area contributed by atoms with Crippen LogP contribution >= 0.6 is 0 Å². The normalized spacial score (nSPS) is 13.3. The highest BCUT2D eigenvalue weighted by molar-refractivity contribution is 7.88. The molecule has 98 valence electrons. The predicted octanol–water partition coefficient (Wildman–Crippen LogP) is 4.75. The lowest BCUT2D eigenvalue weighted by Gasteiger charge is -2.04. The first-order chi connectivity index (χ1) is 8.67. The van der Waals surface area contributed by atoms with E-state index in [1.165, 1.54) is 11.1 Å². The Morgan fingerprint density at radius 1 is 1.33 bits per heavy atom. The number of rotatable bonds is 7. The smallest absolute Gasteiger partial charge is 0.0775 e. The Hall–Kier alpha value is -1.15. The summed E-state index contributed by atoms with van der Waals surface area (Å²) in [4.78, 5) is 0.874. The van der Waals surface area contributed by atoms with Crippen LogP contribution in [-0.4, -0.2) is 4.21 Å². The van der Waals surface area contributed by atoms with Crippen LogP contribution in [-0.2, 0) is 10.8 Å². The van der Waals surface area contributed by atoms with Gasteiger partial charge in [0, 0.05) is 10.3 Å². The summed E-state index contributed by atoms with van der Waals surface area (Å²) in [5, 5.41) is 1.89. The molecular formula is C16H22OS. The maximum atomic E-state index is 12.2. The summed E-state index contributed by atoms with van der Waals surface area (Å²) < 4.78 is 12.2. The molecule has 0 saturated carbocycles. The molecule has 0 fully saturated rings. The molecule has 1 rings (SSSR count). The first-order valence-electron chi connectivity index (χ1n) is 6.45. The van der Waals surface area contributed by atoms with Crippen molar-refractivity contribution in [2.75, 3.05) is 0 Å². The molecule has 0 aliphatic heterocycles. The molecule has 0 radical (unpaired) electrons. The molecule has 2 heteroatoms. The van der Waals surface area contributed by atoms with Gasteiger partial charge in [-0.15, -0.1) is 6.58 Å². The number of hydrogen-bond acceptors (Lipinski definition) is 1. The number of benzene rings is 1. The topological polar surface area (TPSA) is 17.1 Å². The van der Waals surface area contributed by atoms with Gasteiger partial charge in [0.2, 0.25) is 0 Å². The average molecular weight is 262 g/mol. The van der Waals surface area contributed by atoms with Crippen molar-refractivity contribution in [2.45, 2.75) is 44.4 Å². The molecule has 0 aromatic heterocycles. The Kier molecular flexibility index (Phi) is 6.66. The quantitative estimate of drug-likeness (QED) is 0.648. The van der Waals surface area contributed by atoms with Gasteiger partial charge in [-0.3, -0.25) is 0 Å². The standard InChI is InChI=1S/C16H22OS/c1-4-6-8-15(7-5-2)13-18(17)16-11-9-14(3)10-12-16/h5,9-13H,2,4,6-8H2,1,3H3/b15-13-/t18-/m1/s1. The van der Waals surface area contributed by atoms with Crippen molar-refractivity contribution < 1.29 is 4.21 Å². The molecular weight excluding hydrogens is 240 g/mol. The van der Waals surface area contributed by atoms with Crippen molar-refractivity contribution in [1.82, 2.24) is 0 Å². The summed E-state index contributed by atoms with van der Waals surface area (Å²) >= 11 is 0. The molecule has 0 saturated heterocycles. The summed E-state index contributed by atoms with van der Waals surface area (Å²) in [5.74, 6) is 0. The van der Waals surface area contributed by atoms with Crippen LogP contribution in [0.2, 0.25) is 0 Å². The van der Waals surface area contributed by atoms with E-state index in [4.69, 9.17) is 0 Å². The fourth-order valence-electron chi connectivity index (χ4n) is 1.69. The molecule has 0 unspecified atom stereocenters. The number of allylic oxidation sites excluding steroid dienone is 2. The third-order valence-electron chi connectivity index (χ3n) is 2.78. The fourth-order valence-corrected chi connectivity index (χ4v) is 2.75. The van der Waals surface area contributed by atoms with Crippen LogP contribution in [0, 0.1) is 6.92 Å². The Bertz CT molecular complexity index is 429. The highest BCUT2D eigenvalue weighted by Gasteiger charge is 2.02. The predicted molar refractivity (Wildman–Crippen MR) is 80.0 cm³/mol. The maximum Gasteiger partial charge on any atom is 0.0775 e. The Labute approximate surface area is 113 Å². The van der Waals surface area contributed by atoms with E-state index in [1.807, 2.05) is 42.7 Å². The van der Waals surface area contributed by atoms with Crippen LogP contribution in [0.1, 0.15) is 38.2 Å². The molecule has 0 N–H and O–H groups in total. The van der Waals surface area contributed by atoms with E-state index in [-0.39, 0.29) is 0 Å². The van der Waals surface area contributed by atoms with Crippen molar-refractivity contribution >= 4 is 10.8 Å². The molecule has 1 aromatic carbocycles. The summed E-state index contributed by atoms with van der Waals surface area (Å²) in [7, 11) is -1.04. The monoisotopic (exact) mass is 262 g/mol. The van der Waals surface area contributed by atoms with E-state index in [2.05, 4.69) is 13.5 Å². The van der Waals surface area contributed by atoms with Crippen molar-refractivity contribution in [3.63, 3.8) is 0 Å². The molecule has 0 aliphatic rings. The zero-order valence-electron chi connectivity index (χ0n) is 11.3. The van der Waals surface area contributed by atoms with E-state index in [0.717, 1.165) is 30.6 Å². The summed E-state index contributed by atoms with van der Waals surface area (Å²) in [6.45, 7) is 7.96. The number of unbranched alkanes of at least 4 members (excludes halogenated alkanes) is 1. The molecule has 1 aromatic rings. The van der Waals surface area contributed by atoms with Gasteiger partial charge in [-0.05, 0) is 38.3 Å². The number of aryl methyl sites for hydroxylation is 1. The van der Waals surface area contributed by atoms with E-state index >= 15 is 0 Å². The molecule has 18 heavy (non-hydrogen) atoms. The van der Waals surface area contributed by atoms with Gasteiger partial charge in [-0.25, -0.2) is 4.21 Å². The minimum atomic E-state index is -1.04. The summed E-state index contributed by atoms with van der Waals surface area (Å²) in [5.41, 5.74) is 2.42. The first kappa shape index (κ1) is 14.9. The molecule has 1 atom stereocenters. The van der Waals surface area contributed by atoms with E-state index in [0.29, 0.717) is 0 Å². The molecule has 1 nitrogen and oxygen atoms in total. The SMILES string of the molecule is C=CC/C(=C/[S@@](=O)c1ccc(C)cc1)CCCC. The van der Waals surface area contributed by atoms with E-state index in [9.17, 15) is 4.21 Å². The fraction of sp³-hybridized carbons (Fsp3) is 0.375. The molecule has 0 aliphatic carbocycles. The van der Waals surface area contributed by atoms with Gasteiger partial charge in [0.15, 0.2) is 0 Å². The molecule has 0 amide bonds. The van der Waals surface area contributed by atoms with Gasteiger partial charge in [0.05, 0.1) is 10.8 Å². The minimum absolute atomic E-state index is 0.831. The van der Waals surface area contributed by atoms with Crippen LogP contribution < -0.4 is 0 Å². The van der Waals surface area contributed by atoms with Gasteiger partial charge in [-0.2, -0.15) is 0 Å². The average Bonchev–Trinajstić information content (AvgIpc) is 2.37. The second-order valence-electron chi connectivity index (χ2n) is 4.48. The largest absolute Gasteiger partial charge is 0.250 e. The zero-order valence-corrected chi connectivity index (χ0v) is 12.1. The van der Waals surface area contributed by atoms with Crippen molar-refractivity contribution in [3.05, 3.63) is 53.5 Å². The summed E-state index contributed by atoms with van der Waals surface area (Å²) in [6.07, 6.45) is 6.03. The lowest BCUT2D eigenvalue weighted by atomic mass is 10.1. The zero-order chi connectivity index (χ0) is 13.4. The molecule has 0 spiro atoms. The Morgan fingerprint density at radius 2 is 2.00 bits per heavy atom. The summed E-state index contributed by atoms with van der Waals surface area (Å²) in [6, 6.07) is 7.88. The van der Waals surface area contributed by atoms with E-state index < -0.39 is 10.8 Å². The van der Waals surface area contributed by atoms with Crippen molar-refractivity contribution in [3.8, 4) is 0 Å². The van der Waals surface area contributed by atoms with Crippen LogP contribution in [0.15, 0.2) is 52.8 Å². The Balaban J connectivity index is 2.79. The first-order valence-corrected chi connectivity index (χ1v) is 7.66. The number of hydrogen-bond donors (Lipinski definition) is 0. The lowest BCUT2D eigenvalue weighted by molar-refractivity contribution is 0.687. The third kappa shape index (κ3) is 5.01. The molecule has 0 heterocycles. The van der Waals surface area contributed by atoms with Crippen LogP contribution in [0.3, 0.4) is 0 Å². The molecule has 0 bridgehead atoms. The van der Waals surface area contributed by atoms with Crippen LogP contribution in [0.25, 0.3) is 0 Å². The van der Waals surface area contributed by atoms with E-state index in [1.54, 1.807) is 0 Å². The maximum absolute atomic E-state index is 12.2. The second-order valence-corrected chi connectivity index (χ2v) is 5.78.